The van der Waals surface area contributed by atoms with Crippen molar-refractivity contribution in [1.29, 1.82) is 0 Å². The Balaban J connectivity index is 2.79. The van der Waals surface area contributed by atoms with Gasteiger partial charge in [0.2, 0.25) is 0 Å². The number of aromatic carboxylic acids is 1. The van der Waals surface area contributed by atoms with E-state index in [1.807, 2.05) is 0 Å². The second-order valence-corrected chi connectivity index (χ2v) is 3.24. The third kappa shape index (κ3) is 1.29. The van der Waals surface area contributed by atoms with Gasteiger partial charge in [0.15, 0.2) is 5.69 Å². The van der Waals surface area contributed by atoms with E-state index >= 15 is 0 Å². The fourth-order valence-corrected chi connectivity index (χ4v) is 1.39. The molecule has 2 aromatic rings. The summed E-state index contributed by atoms with van der Waals surface area (Å²) in [5.41, 5.74) is 0.624. The number of aromatic nitrogens is 3. The largest absolute Gasteiger partial charge is 0.476 e. The average Bonchev–Trinajstić information content (AvgIpc) is 2.46. The molecule has 0 fully saturated rings. The third-order valence-electron chi connectivity index (χ3n) is 1.62. The minimum atomic E-state index is -1.05. The van der Waals surface area contributed by atoms with Crippen molar-refractivity contribution in [3.05, 3.63) is 22.6 Å². The van der Waals surface area contributed by atoms with E-state index in [1.165, 1.54) is 6.20 Å². The molecule has 0 amide bonds. The first kappa shape index (κ1) is 8.18. The van der Waals surface area contributed by atoms with E-state index in [9.17, 15) is 4.79 Å². The van der Waals surface area contributed by atoms with Crippen LogP contribution >= 0.6 is 15.9 Å². The van der Waals surface area contributed by atoms with Gasteiger partial charge in [0, 0.05) is 5.39 Å². The summed E-state index contributed by atoms with van der Waals surface area (Å²) in [5.74, 6) is -1.05. The maximum absolute atomic E-state index is 10.7. The first-order valence-electron chi connectivity index (χ1n) is 3.41. The Labute approximate surface area is 80.9 Å². The van der Waals surface area contributed by atoms with Crippen LogP contribution in [0, 0.1) is 0 Å². The number of nitrogens with one attached hydrogen (secondary N) is 1. The number of carboxylic acid groups (broad SMARTS) is 1. The van der Waals surface area contributed by atoms with Gasteiger partial charge in [-0.1, -0.05) is 0 Å². The summed E-state index contributed by atoms with van der Waals surface area (Å²) in [6.07, 6.45) is 1.53. The van der Waals surface area contributed by atoms with Crippen LogP contribution in [0.15, 0.2) is 16.9 Å². The molecule has 0 aromatic carbocycles. The number of carbonyl (C=O) groups is 1. The molecule has 0 radical (unpaired) electrons. The normalized spacial score (nSPS) is 10.5. The van der Waals surface area contributed by atoms with Crippen molar-refractivity contribution in [3.8, 4) is 0 Å². The molecule has 0 aliphatic rings. The molecule has 0 atom stereocenters. The van der Waals surface area contributed by atoms with Gasteiger partial charge in [0.1, 0.15) is 4.60 Å². The maximum atomic E-state index is 10.7. The second kappa shape index (κ2) is 2.81. The molecule has 2 heterocycles. The number of nitrogens with zero attached hydrogens (tertiary/aromatic N) is 2. The van der Waals surface area contributed by atoms with Crippen molar-refractivity contribution in [1.82, 2.24) is 15.2 Å². The Bertz CT molecular complexity index is 480. The van der Waals surface area contributed by atoms with Crippen LogP contribution in [0.2, 0.25) is 0 Å². The fraction of sp³-hybridized carbons (Fsp3) is 0. The number of halogens is 1. The number of pyridine rings is 1. The smallest absolute Gasteiger partial charge is 0.357 e. The van der Waals surface area contributed by atoms with Crippen molar-refractivity contribution >= 4 is 32.8 Å². The molecular weight excluding hydrogens is 238 g/mol. The van der Waals surface area contributed by atoms with Gasteiger partial charge in [-0.15, -0.1) is 0 Å². The molecule has 0 spiro atoms. The van der Waals surface area contributed by atoms with Gasteiger partial charge in [-0.2, -0.15) is 5.10 Å². The van der Waals surface area contributed by atoms with E-state index in [0.29, 0.717) is 15.5 Å². The number of aromatic amines is 1. The van der Waals surface area contributed by atoms with Gasteiger partial charge in [-0.3, -0.25) is 5.10 Å². The van der Waals surface area contributed by atoms with Gasteiger partial charge >= 0.3 is 5.97 Å². The predicted molar refractivity (Wildman–Crippen MR) is 48.5 cm³/mol. The van der Waals surface area contributed by atoms with Crippen molar-refractivity contribution in [2.45, 2.75) is 0 Å². The van der Waals surface area contributed by atoms with Crippen LogP contribution in [0.5, 0.6) is 0 Å². The molecule has 0 aliphatic carbocycles. The molecule has 0 bridgehead atoms. The Morgan fingerprint density at radius 2 is 2.38 bits per heavy atom. The quantitative estimate of drug-likeness (QED) is 0.741. The lowest BCUT2D eigenvalue weighted by atomic mass is 10.2. The van der Waals surface area contributed by atoms with E-state index in [4.69, 9.17) is 5.11 Å². The van der Waals surface area contributed by atoms with E-state index in [1.54, 1.807) is 6.07 Å². The Morgan fingerprint density at radius 3 is 3.08 bits per heavy atom. The van der Waals surface area contributed by atoms with Crippen molar-refractivity contribution < 1.29 is 9.90 Å². The Morgan fingerprint density at radius 1 is 1.62 bits per heavy atom. The van der Waals surface area contributed by atoms with E-state index in [0.717, 1.165) is 0 Å². The monoisotopic (exact) mass is 241 g/mol. The molecule has 0 unspecified atom stereocenters. The summed E-state index contributed by atoms with van der Waals surface area (Å²) in [6.45, 7) is 0. The summed E-state index contributed by atoms with van der Waals surface area (Å²) in [4.78, 5) is 14.6. The summed E-state index contributed by atoms with van der Waals surface area (Å²) in [6, 6.07) is 1.61. The van der Waals surface area contributed by atoms with Crippen LogP contribution in [0.1, 0.15) is 10.5 Å². The molecule has 2 aromatic heterocycles. The fourth-order valence-electron chi connectivity index (χ4n) is 1.05. The van der Waals surface area contributed by atoms with E-state index in [2.05, 4.69) is 31.1 Å². The predicted octanol–water partition coefficient (Wildman–Crippen LogP) is 1.42. The molecule has 13 heavy (non-hydrogen) atoms. The number of rotatable bonds is 1. The van der Waals surface area contributed by atoms with E-state index in [-0.39, 0.29) is 5.69 Å². The highest BCUT2D eigenvalue weighted by molar-refractivity contribution is 9.10. The van der Waals surface area contributed by atoms with Gasteiger partial charge in [-0.25, -0.2) is 9.78 Å². The van der Waals surface area contributed by atoms with Crippen molar-refractivity contribution in [2.24, 2.45) is 0 Å². The van der Waals surface area contributed by atoms with Crippen LogP contribution in [-0.4, -0.2) is 26.3 Å². The molecule has 0 saturated carbocycles. The highest BCUT2D eigenvalue weighted by atomic mass is 79.9. The summed E-state index contributed by atoms with van der Waals surface area (Å²) in [7, 11) is 0. The van der Waals surface area contributed by atoms with Crippen LogP contribution in [0.25, 0.3) is 10.9 Å². The summed E-state index contributed by atoms with van der Waals surface area (Å²) < 4.78 is 0.587. The zero-order valence-corrected chi connectivity index (χ0v) is 7.87. The van der Waals surface area contributed by atoms with Crippen LogP contribution in [-0.2, 0) is 0 Å². The van der Waals surface area contributed by atoms with E-state index < -0.39 is 5.97 Å². The zero-order valence-electron chi connectivity index (χ0n) is 6.28. The van der Waals surface area contributed by atoms with Crippen LogP contribution in [0.3, 0.4) is 0 Å². The molecule has 2 N–H and O–H groups in total. The highest BCUT2D eigenvalue weighted by Gasteiger charge is 2.12. The minimum Gasteiger partial charge on any atom is -0.476 e. The zero-order chi connectivity index (χ0) is 9.42. The number of fused-ring (bicyclic) bond motifs is 1. The second-order valence-electron chi connectivity index (χ2n) is 2.43. The number of hydrogen-bond acceptors (Lipinski definition) is 3. The first-order valence-corrected chi connectivity index (χ1v) is 4.20. The lowest BCUT2D eigenvalue weighted by Crippen LogP contribution is -1.96. The highest BCUT2D eigenvalue weighted by Crippen LogP contribution is 2.18. The molecule has 2 rings (SSSR count). The Kier molecular flexibility index (Phi) is 1.77. The van der Waals surface area contributed by atoms with Crippen LogP contribution in [0.4, 0.5) is 0 Å². The van der Waals surface area contributed by atoms with Crippen molar-refractivity contribution in [3.63, 3.8) is 0 Å². The third-order valence-corrected chi connectivity index (χ3v) is 2.05. The summed E-state index contributed by atoms with van der Waals surface area (Å²) in [5, 5.41) is 15.5. The molecule has 0 saturated heterocycles. The minimum absolute atomic E-state index is 0.0121. The lowest BCUT2D eigenvalue weighted by Gasteiger charge is -1.90. The maximum Gasteiger partial charge on any atom is 0.357 e. The van der Waals surface area contributed by atoms with Crippen LogP contribution < -0.4 is 0 Å². The Hall–Kier alpha value is -1.43. The van der Waals surface area contributed by atoms with Gasteiger partial charge < -0.3 is 5.11 Å². The van der Waals surface area contributed by atoms with Crippen molar-refractivity contribution in [2.75, 3.05) is 0 Å². The lowest BCUT2D eigenvalue weighted by molar-refractivity contribution is 0.0692. The molecule has 6 heteroatoms. The summed E-state index contributed by atoms with van der Waals surface area (Å²) >= 11 is 3.15. The number of carboxylic acids is 1. The van der Waals surface area contributed by atoms with Gasteiger partial charge in [0.25, 0.3) is 0 Å². The topological polar surface area (TPSA) is 78.9 Å². The SMILES string of the molecule is O=C(O)c1n[nH]c2cnc(Br)cc12. The standard InChI is InChI=1S/C7H4BrN3O2/c8-5-1-3-4(2-9-5)10-11-6(3)7(12)13/h1-2H,(H,10,11)(H,12,13). The van der Waals surface area contributed by atoms with Gasteiger partial charge in [-0.05, 0) is 22.0 Å². The number of hydrogen-bond donors (Lipinski definition) is 2. The molecule has 0 aliphatic heterocycles. The molecular formula is C7H4BrN3O2. The molecule has 5 nitrogen and oxygen atoms in total. The molecule has 66 valence electrons. The van der Waals surface area contributed by atoms with Gasteiger partial charge in [0.05, 0.1) is 11.7 Å². The average molecular weight is 242 g/mol. The first-order chi connectivity index (χ1) is 6.18. The number of H-pyrrole nitrogens is 1.